The predicted octanol–water partition coefficient (Wildman–Crippen LogP) is 2.97. The summed E-state index contributed by atoms with van der Waals surface area (Å²) in [7, 11) is -3.40. The Labute approximate surface area is 110 Å². The van der Waals surface area contributed by atoms with Crippen molar-refractivity contribution >= 4 is 10.0 Å². The maximum Gasteiger partial charge on any atom is 0.243 e. The van der Waals surface area contributed by atoms with Gasteiger partial charge in [-0.1, -0.05) is 23.8 Å². The van der Waals surface area contributed by atoms with Crippen molar-refractivity contribution < 1.29 is 8.42 Å². The first kappa shape index (κ1) is 14.9. The van der Waals surface area contributed by atoms with Crippen LogP contribution >= 0.6 is 0 Å². The first-order valence-electron chi connectivity index (χ1n) is 6.09. The predicted molar refractivity (Wildman–Crippen MR) is 75.0 cm³/mol. The van der Waals surface area contributed by atoms with Crippen molar-refractivity contribution in [3.63, 3.8) is 0 Å². The third-order valence-electron chi connectivity index (χ3n) is 2.76. The largest absolute Gasteiger partial charge is 0.243 e. The number of aryl methyl sites for hydroxylation is 1. The smallest absolute Gasteiger partial charge is 0.207 e. The van der Waals surface area contributed by atoms with Gasteiger partial charge >= 0.3 is 0 Å². The summed E-state index contributed by atoms with van der Waals surface area (Å²) in [5.74, 6) is 0. The van der Waals surface area contributed by atoms with E-state index in [0.717, 1.165) is 5.56 Å². The third kappa shape index (κ3) is 3.43. The van der Waals surface area contributed by atoms with Crippen LogP contribution < -0.4 is 0 Å². The molecule has 0 atom stereocenters. The fraction of sp³-hybridized carbons (Fsp3) is 0.429. The van der Waals surface area contributed by atoms with Crippen molar-refractivity contribution in [2.24, 2.45) is 0 Å². The van der Waals surface area contributed by atoms with E-state index in [1.165, 1.54) is 4.31 Å². The molecular weight excluding hydrogens is 246 g/mol. The van der Waals surface area contributed by atoms with Crippen molar-refractivity contribution in [1.82, 2.24) is 4.31 Å². The molecule has 1 aromatic carbocycles. The van der Waals surface area contributed by atoms with Gasteiger partial charge in [0.25, 0.3) is 0 Å². The van der Waals surface area contributed by atoms with Crippen molar-refractivity contribution in [2.45, 2.75) is 38.1 Å². The van der Waals surface area contributed by atoms with Gasteiger partial charge in [-0.25, -0.2) is 8.42 Å². The van der Waals surface area contributed by atoms with Gasteiger partial charge in [-0.3, -0.25) is 0 Å². The molecule has 100 valence electrons. The first-order valence-corrected chi connectivity index (χ1v) is 7.53. The number of hydrogen-bond donors (Lipinski definition) is 0. The summed E-state index contributed by atoms with van der Waals surface area (Å²) >= 11 is 0. The Balaban J connectivity index is 3.08. The van der Waals surface area contributed by atoms with Crippen LogP contribution in [0.25, 0.3) is 0 Å². The van der Waals surface area contributed by atoms with E-state index in [1.807, 2.05) is 32.9 Å². The summed E-state index contributed by atoms with van der Waals surface area (Å²) in [4.78, 5) is 0.353. The van der Waals surface area contributed by atoms with Gasteiger partial charge in [0.15, 0.2) is 0 Å². The first-order chi connectivity index (χ1) is 8.39. The lowest BCUT2D eigenvalue weighted by Gasteiger charge is -2.25. The Morgan fingerprint density at radius 2 is 1.83 bits per heavy atom. The molecule has 0 bridgehead atoms. The Kier molecular flexibility index (Phi) is 5.11. The molecule has 0 aliphatic heterocycles. The summed E-state index contributed by atoms with van der Waals surface area (Å²) < 4.78 is 26.5. The second kappa shape index (κ2) is 6.16. The molecule has 0 saturated heterocycles. The van der Waals surface area contributed by atoms with Crippen molar-refractivity contribution in [3.8, 4) is 0 Å². The zero-order valence-corrected chi connectivity index (χ0v) is 12.1. The third-order valence-corrected chi connectivity index (χ3v) is 4.85. The number of hydrogen-bond acceptors (Lipinski definition) is 2. The molecule has 0 amide bonds. The van der Waals surface area contributed by atoms with E-state index in [9.17, 15) is 8.42 Å². The lowest BCUT2D eigenvalue weighted by atomic mass is 10.2. The number of rotatable bonds is 6. The standard InChI is InChI=1S/C14H21NO2S/c1-5-6-11-15(12(2)3)18(16,17)14-9-7-13(4)8-10-14/h5,7-10,12H,1,6,11H2,2-4H3. The SMILES string of the molecule is C=CCCN(C(C)C)S(=O)(=O)c1ccc(C)cc1. The van der Waals surface area contributed by atoms with E-state index in [4.69, 9.17) is 0 Å². The molecule has 0 N–H and O–H groups in total. The molecular formula is C14H21NO2S. The highest BCUT2D eigenvalue weighted by molar-refractivity contribution is 7.89. The van der Waals surface area contributed by atoms with E-state index in [0.29, 0.717) is 17.9 Å². The van der Waals surface area contributed by atoms with Crippen LogP contribution in [0.15, 0.2) is 41.8 Å². The van der Waals surface area contributed by atoms with E-state index in [2.05, 4.69) is 6.58 Å². The summed E-state index contributed by atoms with van der Waals surface area (Å²) in [6.07, 6.45) is 2.39. The normalized spacial score (nSPS) is 12.1. The molecule has 0 heterocycles. The highest BCUT2D eigenvalue weighted by atomic mass is 32.2. The van der Waals surface area contributed by atoms with E-state index >= 15 is 0 Å². The van der Waals surface area contributed by atoms with Gasteiger partial charge in [0.05, 0.1) is 4.90 Å². The van der Waals surface area contributed by atoms with Gasteiger partial charge in [-0.05, 0) is 39.3 Å². The minimum Gasteiger partial charge on any atom is -0.207 e. The highest BCUT2D eigenvalue weighted by Gasteiger charge is 2.25. The zero-order valence-electron chi connectivity index (χ0n) is 11.3. The van der Waals surface area contributed by atoms with Crippen LogP contribution in [0.4, 0.5) is 0 Å². The number of sulfonamides is 1. The van der Waals surface area contributed by atoms with Gasteiger partial charge in [-0.15, -0.1) is 6.58 Å². The summed E-state index contributed by atoms with van der Waals surface area (Å²) in [5, 5.41) is 0. The van der Waals surface area contributed by atoms with Crippen molar-refractivity contribution in [1.29, 1.82) is 0 Å². The van der Waals surface area contributed by atoms with Crippen LogP contribution in [-0.2, 0) is 10.0 Å². The number of nitrogens with zero attached hydrogens (tertiary/aromatic N) is 1. The fourth-order valence-corrected chi connectivity index (χ4v) is 3.37. The molecule has 0 aliphatic carbocycles. The minimum atomic E-state index is -3.40. The van der Waals surface area contributed by atoms with Crippen LogP contribution in [-0.4, -0.2) is 25.3 Å². The van der Waals surface area contributed by atoms with Crippen molar-refractivity contribution in [2.75, 3.05) is 6.54 Å². The molecule has 0 unspecified atom stereocenters. The van der Waals surface area contributed by atoms with Gasteiger partial charge < -0.3 is 0 Å². The van der Waals surface area contributed by atoms with Gasteiger partial charge in [0, 0.05) is 12.6 Å². The van der Waals surface area contributed by atoms with Crippen LogP contribution in [0.1, 0.15) is 25.8 Å². The summed E-state index contributed by atoms with van der Waals surface area (Å²) in [6.45, 7) is 9.81. The van der Waals surface area contributed by atoms with Gasteiger partial charge in [0.2, 0.25) is 10.0 Å². The Bertz CT molecular complexity index is 489. The molecule has 1 rings (SSSR count). The molecule has 0 aromatic heterocycles. The second-order valence-electron chi connectivity index (χ2n) is 4.60. The van der Waals surface area contributed by atoms with E-state index in [-0.39, 0.29) is 6.04 Å². The maximum absolute atomic E-state index is 12.5. The maximum atomic E-state index is 12.5. The Hall–Kier alpha value is -1.13. The molecule has 0 aliphatic rings. The monoisotopic (exact) mass is 267 g/mol. The summed E-state index contributed by atoms with van der Waals surface area (Å²) in [5.41, 5.74) is 1.05. The van der Waals surface area contributed by atoms with Crippen LogP contribution in [0.5, 0.6) is 0 Å². The second-order valence-corrected chi connectivity index (χ2v) is 6.49. The van der Waals surface area contributed by atoms with Crippen LogP contribution in [0.3, 0.4) is 0 Å². The van der Waals surface area contributed by atoms with Gasteiger partial charge in [-0.2, -0.15) is 4.31 Å². The molecule has 0 saturated carbocycles. The highest BCUT2D eigenvalue weighted by Crippen LogP contribution is 2.19. The molecule has 0 radical (unpaired) electrons. The zero-order chi connectivity index (χ0) is 13.8. The van der Waals surface area contributed by atoms with Crippen molar-refractivity contribution in [3.05, 3.63) is 42.5 Å². The Morgan fingerprint density at radius 3 is 2.28 bits per heavy atom. The summed E-state index contributed by atoms with van der Waals surface area (Å²) in [6, 6.07) is 6.90. The lowest BCUT2D eigenvalue weighted by molar-refractivity contribution is 0.359. The Morgan fingerprint density at radius 1 is 1.28 bits per heavy atom. The molecule has 0 fully saturated rings. The van der Waals surface area contributed by atoms with E-state index < -0.39 is 10.0 Å². The molecule has 4 heteroatoms. The topological polar surface area (TPSA) is 37.4 Å². The average Bonchev–Trinajstić information content (AvgIpc) is 2.29. The van der Waals surface area contributed by atoms with Gasteiger partial charge in [0.1, 0.15) is 0 Å². The number of benzene rings is 1. The molecule has 3 nitrogen and oxygen atoms in total. The molecule has 18 heavy (non-hydrogen) atoms. The molecule has 0 spiro atoms. The van der Waals surface area contributed by atoms with Crippen LogP contribution in [0, 0.1) is 6.92 Å². The van der Waals surface area contributed by atoms with E-state index in [1.54, 1.807) is 18.2 Å². The quantitative estimate of drug-likeness (QED) is 0.743. The molecule has 1 aromatic rings. The lowest BCUT2D eigenvalue weighted by Crippen LogP contribution is -2.37. The average molecular weight is 267 g/mol. The minimum absolute atomic E-state index is 0.0590. The van der Waals surface area contributed by atoms with Crippen LogP contribution in [0.2, 0.25) is 0 Å². The fourth-order valence-electron chi connectivity index (χ4n) is 1.72.